The van der Waals surface area contributed by atoms with Crippen molar-refractivity contribution in [1.29, 1.82) is 0 Å². The van der Waals surface area contributed by atoms with Crippen molar-refractivity contribution >= 4 is 29.3 Å². The molecule has 26 heavy (non-hydrogen) atoms. The lowest BCUT2D eigenvalue weighted by molar-refractivity contribution is -0.152. The molecule has 0 aliphatic carbocycles. The summed E-state index contributed by atoms with van der Waals surface area (Å²) in [7, 11) is 0. The van der Waals surface area contributed by atoms with Crippen molar-refractivity contribution in [3.05, 3.63) is 64.9 Å². The number of benzene rings is 2. The van der Waals surface area contributed by atoms with Gasteiger partial charge < -0.3 is 15.0 Å². The standard InChI is InChI=1S/C18H15ClF2N2O3/c19-13-8-12(9-14(20)10-13)11-22-17(25)26-18(21)6-7-23(16(18)24)15-4-2-1-3-5-15/h1-5,8-10H,6-7,11H2,(H,22,25)/t18-/m0/s1. The summed E-state index contributed by atoms with van der Waals surface area (Å²) in [6.45, 7) is -0.0326. The van der Waals surface area contributed by atoms with E-state index in [0.29, 0.717) is 11.3 Å². The summed E-state index contributed by atoms with van der Waals surface area (Å²) in [5.74, 6) is -4.23. The lowest BCUT2D eigenvalue weighted by atomic mass is 10.2. The van der Waals surface area contributed by atoms with Crippen LogP contribution in [0.2, 0.25) is 5.02 Å². The first-order valence-corrected chi connectivity index (χ1v) is 8.23. The normalized spacial score (nSPS) is 19.5. The Kier molecular flexibility index (Phi) is 5.08. The third-order valence-electron chi connectivity index (χ3n) is 3.90. The van der Waals surface area contributed by atoms with Crippen LogP contribution in [0.3, 0.4) is 0 Å². The number of ether oxygens (including phenoxy) is 1. The summed E-state index contributed by atoms with van der Waals surface area (Å²) in [6.07, 6.45) is -1.39. The summed E-state index contributed by atoms with van der Waals surface area (Å²) in [4.78, 5) is 25.4. The van der Waals surface area contributed by atoms with E-state index in [1.54, 1.807) is 30.3 Å². The molecule has 1 saturated heterocycles. The Morgan fingerprint density at radius 3 is 2.69 bits per heavy atom. The summed E-state index contributed by atoms with van der Waals surface area (Å²) in [6, 6.07) is 12.3. The number of anilines is 1. The maximum atomic E-state index is 14.8. The molecular formula is C18H15ClF2N2O3. The molecule has 1 heterocycles. The average molecular weight is 381 g/mol. The number of rotatable bonds is 4. The minimum atomic E-state index is -2.74. The van der Waals surface area contributed by atoms with E-state index < -0.39 is 23.7 Å². The van der Waals surface area contributed by atoms with Crippen LogP contribution in [-0.4, -0.2) is 24.4 Å². The van der Waals surface area contributed by atoms with Gasteiger partial charge in [-0.15, -0.1) is 0 Å². The minimum absolute atomic E-state index is 0.0894. The van der Waals surface area contributed by atoms with Gasteiger partial charge in [-0.25, -0.2) is 9.18 Å². The molecule has 1 fully saturated rings. The fraction of sp³-hybridized carbons (Fsp3) is 0.222. The molecule has 2 aromatic carbocycles. The Balaban J connectivity index is 1.61. The van der Waals surface area contributed by atoms with Gasteiger partial charge in [0.2, 0.25) is 0 Å². The van der Waals surface area contributed by atoms with E-state index >= 15 is 0 Å². The number of hydrogen-bond donors (Lipinski definition) is 1. The number of amides is 2. The van der Waals surface area contributed by atoms with Gasteiger partial charge in [0.05, 0.1) is 0 Å². The van der Waals surface area contributed by atoms with Gasteiger partial charge in [0.15, 0.2) is 0 Å². The first kappa shape index (κ1) is 18.1. The Labute approximate surface area is 153 Å². The summed E-state index contributed by atoms with van der Waals surface area (Å²) < 4.78 is 32.8. The Morgan fingerprint density at radius 1 is 1.27 bits per heavy atom. The molecule has 0 bridgehead atoms. The molecule has 0 aromatic heterocycles. The lowest BCUT2D eigenvalue weighted by Gasteiger charge is -2.20. The fourth-order valence-electron chi connectivity index (χ4n) is 2.68. The van der Waals surface area contributed by atoms with Crippen molar-refractivity contribution < 1.29 is 23.1 Å². The number of alkyl carbamates (subject to hydrolysis) is 1. The van der Waals surface area contributed by atoms with Crippen LogP contribution >= 0.6 is 11.6 Å². The average Bonchev–Trinajstić information content (AvgIpc) is 2.88. The topological polar surface area (TPSA) is 58.6 Å². The van der Waals surface area contributed by atoms with Gasteiger partial charge in [-0.1, -0.05) is 29.8 Å². The van der Waals surface area contributed by atoms with Crippen molar-refractivity contribution in [2.45, 2.75) is 18.8 Å². The molecule has 2 amide bonds. The number of para-hydroxylation sites is 1. The van der Waals surface area contributed by atoms with Crippen LogP contribution in [0.1, 0.15) is 12.0 Å². The number of alkyl halides is 1. The summed E-state index contributed by atoms with van der Waals surface area (Å²) in [5.41, 5.74) is 0.902. The summed E-state index contributed by atoms with van der Waals surface area (Å²) >= 11 is 5.72. The zero-order valence-corrected chi connectivity index (χ0v) is 14.3. The van der Waals surface area contributed by atoms with Crippen LogP contribution in [0.4, 0.5) is 19.3 Å². The number of hydrogen-bond acceptors (Lipinski definition) is 3. The maximum absolute atomic E-state index is 14.8. The van der Waals surface area contributed by atoms with Crippen LogP contribution in [-0.2, 0) is 16.1 Å². The second-order valence-corrected chi connectivity index (χ2v) is 6.23. The van der Waals surface area contributed by atoms with Crippen LogP contribution in [0.25, 0.3) is 0 Å². The minimum Gasteiger partial charge on any atom is -0.402 e. The number of halogens is 3. The van der Waals surface area contributed by atoms with E-state index in [4.69, 9.17) is 16.3 Å². The molecular weight excluding hydrogens is 366 g/mol. The highest BCUT2D eigenvalue weighted by Crippen LogP contribution is 2.32. The van der Waals surface area contributed by atoms with Gasteiger partial charge in [0.25, 0.3) is 0 Å². The molecule has 8 heteroatoms. The third-order valence-corrected chi connectivity index (χ3v) is 4.12. The zero-order chi connectivity index (χ0) is 18.7. The molecule has 0 radical (unpaired) electrons. The predicted octanol–water partition coefficient (Wildman–Crippen LogP) is 3.81. The number of carbonyl (C=O) groups excluding carboxylic acids is 2. The molecule has 136 valence electrons. The number of nitrogens with zero attached hydrogens (tertiary/aromatic N) is 1. The lowest BCUT2D eigenvalue weighted by Crippen LogP contribution is -2.42. The molecule has 3 rings (SSSR count). The molecule has 1 atom stereocenters. The SMILES string of the molecule is O=C(NCc1cc(F)cc(Cl)c1)O[C@@]1(F)CCN(c2ccccc2)C1=O. The van der Waals surface area contributed by atoms with E-state index in [-0.39, 0.29) is 24.5 Å². The molecule has 5 nitrogen and oxygen atoms in total. The van der Waals surface area contributed by atoms with E-state index in [0.717, 1.165) is 6.07 Å². The maximum Gasteiger partial charge on any atom is 0.410 e. The number of nitrogens with one attached hydrogen (secondary N) is 1. The highest BCUT2D eigenvalue weighted by molar-refractivity contribution is 6.30. The van der Waals surface area contributed by atoms with Crippen molar-refractivity contribution in [2.24, 2.45) is 0 Å². The van der Waals surface area contributed by atoms with Gasteiger partial charge >= 0.3 is 17.9 Å². The van der Waals surface area contributed by atoms with E-state index in [1.165, 1.54) is 17.0 Å². The first-order chi connectivity index (χ1) is 12.4. The van der Waals surface area contributed by atoms with Gasteiger partial charge in [-0.05, 0) is 35.9 Å². The summed E-state index contributed by atoms with van der Waals surface area (Å²) in [5, 5.41) is 2.45. The Morgan fingerprint density at radius 2 is 2.00 bits per heavy atom. The molecule has 1 aliphatic heterocycles. The van der Waals surface area contributed by atoms with E-state index in [2.05, 4.69) is 5.32 Å². The predicted molar refractivity (Wildman–Crippen MR) is 92.0 cm³/mol. The Hall–Kier alpha value is -2.67. The van der Waals surface area contributed by atoms with E-state index in [9.17, 15) is 18.4 Å². The van der Waals surface area contributed by atoms with Gasteiger partial charge in [0.1, 0.15) is 5.82 Å². The third kappa shape index (κ3) is 3.94. The number of carbonyl (C=O) groups is 2. The molecule has 0 saturated carbocycles. The molecule has 0 spiro atoms. The fourth-order valence-corrected chi connectivity index (χ4v) is 2.93. The van der Waals surface area contributed by atoms with Gasteiger partial charge in [-0.3, -0.25) is 4.79 Å². The molecule has 1 aliphatic rings. The van der Waals surface area contributed by atoms with Crippen molar-refractivity contribution in [2.75, 3.05) is 11.4 Å². The highest BCUT2D eigenvalue weighted by Gasteiger charge is 2.51. The van der Waals surface area contributed by atoms with Crippen LogP contribution < -0.4 is 10.2 Å². The van der Waals surface area contributed by atoms with Crippen LogP contribution in [0.15, 0.2) is 48.5 Å². The second kappa shape index (κ2) is 7.29. The van der Waals surface area contributed by atoms with Crippen molar-refractivity contribution in [3.8, 4) is 0 Å². The highest BCUT2D eigenvalue weighted by atomic mass is 35.5. The van der Waals surface area contributed by atoms with Crippen molar-refractivity contribution in [1.82, 2.24) is 5.32 Å². The van der Waals surface area contributed by atoms with Crippen molar-refractivity contribution in [3.63, 3.8) is 0 Å². The first-order valence-electron chi connectivity index (χ1n) is 7.85. The van der Waals surface area contributed by atoms with Gasteiger partial charge in [-0.2, -0.15) is 4.39 Å². The van der Waals surface area contributed by atoms with Crippen LogP contribution in [0.5, 0.6) is 0 Å². The van der Waals surface area contributed by atoms with E-state index in [1.807, 2.05) is 0 Å². The molecule has 0 unspecified atom stereocenters. The van der Waals surface area contributed by atoms with Crippen LogP contribution in [0, 0.1) is 5.82 Å². The Bertz CT molecular complexity index is 814. The smallest absolute Gasteiger partial charge is 0.402 e. The largest absolute Gasteiger partial charge is 0.410 e. The second-order valence-electron chi connectivity index (χ2n) is 5.79. The molecule has 2 aromatic rings. The molecule has 1 N–H and O–H groups in total. The monoisotopic (exact) mass is 380 g/mol. The zero-order valence-electron chi connectivity index (χ0n) is 13.5. The van der Waals surface area contributed by atoms with Gasteiger partial charge in [0, 0.05) is 30.2 Å². The quantitative estimate of drug-likeness (QED) is 0.877.